The maximum atomic E-state index is 12.0. The van der Waals surface area contributed by atoms with Crippen LogP contribution in [0.15, 0.2) is 18.2 Å². The van der Waals surface area contributed by atoms with Crippen LogP contribution in [0.5, 0.6) is 5.75 Å². The first-order valence-electron chi connectivity index (χ1n) is 7.60. The van der Waals surface area contributed by atoms with E-state index in [1.54, 1.807) is 25.3 Å². The Morgan fingerprint density at radius 2 is 2.04 bits per heavy atom. The van der Waals surface area contributed by atoms with Crippen LogP contribution in [0, 0.1) is 0 Å². The van der Waals surface area contributed by atoms with Gasteiger partial charge in [0.25, 0.3) is 0 Å². The van der Waals surface area contributed by atoms with Gasteiger partial charge in [-0.3, -0.25) is 14.5 Å². The molecule has 1 heterocycles. The molecule has 23 heavy (non-hydrogen) atoms. The number of ether oxygens (including phenoxy) is 2. The molecule has 0 atom stereocenters. The number of methoxy groups -OCH3 is 1. The predicted octanol–water partition coefficient (Wildman–Crippen LogP) is 0.602. The second-order valence-electron chi connectivity index (χ2n) is 5.37. The molecule has 0 bridgehead atoms. The number of nitrogens with zero attached hydrogens (tertiary/aromatic N) is 1. The lowest BCUT2D eigenvalue weighted by molar-refractivity contribution is -0.123. The zero-order valence-corrected chi connectivity index (χ0v) is 13.6. The van der Waals surface area contributed by atoms with E-state index in [4.69, 9.17) is 9.47 Å². The average molecular weight is 321 g/mol. The van der Waals surface area contributed by atoms with Crippen molar-refractivity contribution in [3.05, 3.63) is 23.8 Å². The molecule has 0 unspecified atom stereocenters. The van der Waals surface area contributed by atoms with Gasteiger partial charge in [0.1, 0.15) is 5.75 Å². The standard InChI is InChI=1S/C16H23N3O4/c1-12(20)18-14-3-4-15(22-2)13(9-14)10-17-16(21)11-19-5-7-23-8-6-19/h3-4,9H,5-8,10-11H2,1-2H3,(H,17,21)(H,18,20). The lowest BCUT2D eigenvalue weighted by atomic mass is 10.1. The summed E-state index contributed by atoms with van der Waals surface area (Å²) in [6, 6.07) is 5.34. The molecule has 2 N–H and O–H groups in total. The van der Waals surface area contributed by atoms with E-state index in [1.165, 1.54) is 6.92 Å². The van der Waals surface area contributed by atoms with Crippen molar-refractivity contribution in [2.75, 3.05) is 45.3 Å². The van der Waals surface area contributed by atoms with E-state index in [0.717, 1.165) is 18.7 Å². The summed E-state index contributed by atoms with van der Waals surface area (Å²) in [6.45, 7) is 5.04. The van der Waals surface area contributed by atoms with Crippen molar-refractivity contribution in [3.63, 3.8) is 0 Å². The highest BCUT2D eigenvalue weighted by Gasteiger charge is 2.14. The third-order valence-corrected chi connectivity index (χ3v) is 3.55. The van der Waals surface area contributed by atoms with Crippen molar-refractivity contribution in [2.45, 2.75) is 13.5 Å². The van der Waals surface area contributed by atoms with Crippen LogP contribution in [-0.4, -0.2) is 56.7 Å². The highest BCUT2D eigenvalue weighted by molar-refractivity contribution is 5.88. The van der Waals surface area contributed by atoms with Gasteiger partial charge < -0.3 is 20.1 Å². The minimum atomic E-state index is -0.141. The van der Waals surface area contributed by atoms with Gasteiger partial charge in [0.05, 0.1) is 26.9 Å². The van der Waals surface area contributed by atoms with E-state index < -0.39 is 0 Å². The zero-order chi connectivity index (χ0) is 16.7. The van der Waals surface area contributed by atoms with E-state index >= 15 is 0 Å². The third kappa shape index (κ3) is 5.54. The third-order valence-electron chi connectivity index (χ3n) is 3.55. The van der Waals surface area contributed by atoms with Gasteiger partial charge >= 0.3 is 0 Å². The van der Waals surface area contributed by atoms with Gasteiger partial charge in [-0.2, -0.15) is 0 Å². The lowest BCUT2D eigenvalue weighted by Crippen LogP contribution is -2.43. The van der Waals surface area contributed by atoms with Gasteiger partial charge in [-0.05, 0) is 18.2 Å². The summed E-state index contributed by atoms with van der Waals surface area (Å²) >= 11 is 0. The average Bonchev–Trinajstić information content (AvgIpc) is 2.53. The van der Waals surface area contributed by atoms with Crippen LogP contribution in [0.2, 0.25) is 0 Å². The second-order valence-corrected chi connectivity index (χ2v) is 5.37. The van der Waals surface area contributed by atoms with Crippen LogP contribution >= 0.6 is 0 Å². The molecule has 1 aliphatic heterocycles. The molecular weight excluding hydrogens is 298 g/mol. The van der Waals surface area contributed by atoms with Crippen LogP contribution in [0.1, 0.15) is 12.5 Å². The highest BCUT2D eigenvalue weighted by Crippen LogP contribution is 2.22. The largest absolute Gasteiger partial charge is 0.496 e. The summed E-state index contributed by atoms with van der Waals surface area (Å²) in [4.78, 5) is 25.2. The molecule has 1 aliphatic rings. The van der Waals surface area contributed by atoms with Crippen molar-refractivity contribution in [2.24, 2.45) is 0 Å². The Morgan fingerprint density at radius 3 is 2.70 bits per heavy atom. The highest BCUT2D eigenvalue weighted by atomic mass is 16.5. The first-order valence-corrected chi connectivity index (χ1v) is 7.60. The maximum Gasteiger partial charge on any atom is 0.234 e. The number of carbonyl (C=O) groups is 2. The number of rotatable bonds is 6. The molecule has 0 aromatic heterocycles. The second kappa shape index (κ2) is 8.50. The number of amides is 2. The van der Waals surface area contributed by atoms with E-state index in [2.05, 4.69) is 15.5 Å². The lowest BCUT2D eigenvalue weighted by Gasteiger charge is -2.25. The monoisotopic (exact) mass is 321 g/mol. The smallest absolute Gasteiger partial charge is 0.234 e. The molecule has 0 radical (unpaired) electrons. The summed E-state index contributed by atoms with van der Waals surface area (Å²) < 4.78 is 10.6. The molecule has 1 aromatic carbocycles. The minimum Gasteiger partial charge on any atom is -0.496 e. The molecule has 7 nitrogen and oxygen atoms in total. The van der Waals surface area contributed by atoms with E-state index in [9.17, 15) is 9.59 Å². The van der Waals surface area contributed by atoms with Gasteiger partial charge in [-0.15, -0.1) is 0 Å². The van der Waals surface area contributed by atoms with E-state index in [-0.39, 0.29) is 11.8 Å². The fraction of sp³-hybridized carbons (Fsp3) is 0.500. The van der Waals surface area contributed by atoms with Crippen molar-refractivity contribution in [1.29, 1.82) is 0 Å². The van der Waals surface area contributed by atoms with E-state index in [0.29, 0.717) is 37.7 Å². The number of nitrogens with one attached hydrogen (secondary N) is 2. The molecule has 7 heteroatoms. The number of morpholine rings is 1. The quantitative estimate of drug-likeness (QED) is 0.802. The van der Waals surface area contributed by atoms with Gasteiger partial charge in [0.2, 0.25) is 11.8 Å². The summed E-state index contributed by atoms with van der Waals surface area (Å²) in [5, 5.41) is 5.61. The van der Waals surface area contributed by atoms with Gasteiger partial charge in [-0.1, -0.05) is 0 Å². The molecule has 0 spiro atoms. The number of anilines is 1. The van der Waals surface area contributed by atoms with Crippen molar-refractivity contribution in [1.82, 2.24) is 10.2 Å². The van der Waals surface area contributed by atoms with Crippen molar-refractivity contribution in [3.8, 4) is 5.75 Å². The molecule has 1 saturated heterocycles. The zero-order valence-electron chi connectivity index (χ0n) is 13.6. The molecule has 2 rings (SSSR count). The van der Waals surface area contributed by atoms with Gasteiger partial charge in [0, 0.05) is 37.8 Å². The Hall–Kier alpha value is -2.12. The maximum absolute atomic E-state index is 12.0. The molecule has 0 saturated carbocycles. The van der Waals surface area contributed by atoms with Gasteiger partial charge in [-0.25, -0.2) is 0 Å². The first-order chi connectivity index (χ1) is 11.1. The number of hydrogen-bond donors (Lipinski definition) is 2. The predicted molar refractivity (Wildman–Crippen MR) is 86.4 cm³/mol. The minimum absolute atomic E-state index is 0.0427. The topological polar surface area (TPSA) is 79.9 Å². The molecule has 0 aliphatic carbocycles. The Morgan fingerprint density at radius 1 is 1.30 bits per heavy atom. The van der Waals surface area contributed by atoms with Gasteiger partial charge in [0.15, 0.2) is 0 Å². The fourth-order valence-corrected chi connectivity index (χ4v) is 2.41. The van der Waals surface area contributed by atoms with Crippen LogP contribution in [0.25, 0.3) is 0 Å². The van der Waals surface area contributed by atoms with Crippen molar-refractivity contribution >= 4 is 17.5 Å². The summed E-state index contributed by atoms with van der Waals surface area (Å²) in [5.74, 6) is 0.488. The van der Waals surface area contributed by atoms with Crippen LogP contribution in [-0.2, 0) is 20.9 Å². The molecule has 2 amide bonds. The number of carbonyl (C=O) groups excluding carboxylic acids is 2. The number of hydrogen-bond acceptors (Lipinski definition) is 5. The molecule has 1 fully saturated rings. The van der Waals surface area contributed by atoms with Crippen LogP contribution < -0.4 is 15.4 Å². The Balaban J connectivity index is 1.92. The Labute approximate surface area is 135 Å². The number of benzene rings is 1. The molecule has 1 aromatic rings. The van der Waals surface area contributed by atoms with Crippen molar-refractivity contribution < 1.29 is 19.1 Å². The SMILES string of the molecule is COc1ccc(NC(C)=O)cc1CNC(=O)CN1CCOCC1. The van der Waals surface area contributed by atoms with Crippen LogP contribution in [0.4, 0.5) is 5.69 Å². The van der Waals surface area contributed by atoms with E-state index in [1.807, 2.05) is 0 Å². The first kappa shape index (κ1) is 17.2. The molecule has 126 valence electrons. The fourth-order valence-electron chi connectivity index (χ4n) is 2.41. The summed E-state index contributed by atoms with van der Waals surface area (Å²) in [6.07, 6.45) is 0. The normalized spacial score (nSPS) is 15.0. The van der Waals surface area contributed by atoms with Crippen LogP contribution in [0.3, 0.4) is 0 Å². The Bertz CT molecular complexity index is 556. The Kier molecular flexibility index (Phi) is 6.37. The molecular formula is C16H23N3O4. The summed E-state index contributed by atoms with van der Waals surface area (Å²) in [7, 11) is 1.58. The summed E-state index contributed by atoms with van der Waals surface area (Å²) in [5.41, 5.74) is 1.49.